The van der Waals surface area contributed by atoms with Crippen molar-refractivity contribution in [2.75, 3.05) is 12.0 Å². The largest absolute Gasteiger partial charge is 0.497 e. The summed E-state index contributed by atoms with van der Waals surface area (Å²) in [5.74, 6) is 0.715. The Labute approximate surface area is 169 Å². The van der Waals surface area contributed by atoms with E-state index in [1.54, 1.807) is 43.5 Å². The van der Waals surface area contributed by atoms with E-state index in [0.29, 0.717) is 11.4 Å². The Morgan fingerprint density at radius 2 is 1.79 bits per heavy atom. The van der Waals surface area contributed by atoms with Crippen LogP contribution in [-0.4, -0.2) is 30.8 Å². The van der Waals surface area contributed by atoms with Gasteiger partial charge in [-0.05, 0) is 48.9 Å². The second-order valence-corrected chi connectivity index (χ2v) is 8.47. The molecule has 1 aliphatic heterocycles. The molecule has 2 heterocycles. The number of methoxy groups -OCH3 is 1. The highest BCUT2D eigenvalue weighted by molar-refractivity contribution is 7.90. The molecule has 148 valence electrons. The molecule has 7 nitrogen and oxygen atoms in total. The molecule has 0 bridgehead atoms. The number of fused-ring (bicyclic) bond motifs is 1. The van der Waals surface area contributed by atoms with Crippen molar-refractivity contribution in [3.05, 3.63) is 78.0 Å². The van der Waals surface area contributed by atoms with Crippen LogP contribution in [0.3, 0.4) is 0 Å². The third-order valence-corrected chi connectivity index (χ3v) is 6.41. The lowest BCUT2D eigenvalue weighted by Crippen LogP contribution is -2.48. The number of amides is 2. The van der Waals surface area contributed by atoms with Crippen molar-refractivity contribution in [2.24, 2.45) is 0 Å². The van der Waals surface area contributed by atoms with Crippen molar-refractivity contribution in [3.8, 4) is 5.75 Å². The SMILES string of the molecule is COc1ccc(N2C(=O)N(Cc3cccc(C)c3)S(=O)(=O)c3cccnc32)cc1. The van der Waals surface area contributed by atoms with Gasteiger partial charge in [0.05, 0.1) is 19.3 Å². The topological polar surface area (TPSA) is 79.8 Å². The number of aromatic nitrogens is 1. The van der Waals surface area contributed by atoms with Gasteiger partial charge in [0, 0.05) is 6.20 Å². The van der Waals surface area contributed by atoms with E-state index in [9.17, 15) is 13.2 Å². The smallest absolute Gasteiger partial charge is 0.344 e. The second-order valence-electron chi connectivity index (χ2n) is 6.64. The Hall–Kier alpha value is -3.39. The van der Waals surface area contributed by atoms with E-state index in [0.717, 1.165) is 15.4 Å². The molecular weight excluding hydrogens is 390 g/mol. The van der Waals surface area contributed by atoms with Crippen molar-refractivity contribution in [1.82, 2.24) is 9.29 Å². The maximum Gasteiger partial charge on any atom is 0.344 e. The number of ether oxygens (including phenoxy) is 1. The molecule has 1 aliphatic rings. The summed E-state index contributed by atoms with van der Waals surface area (Å²) in [5, 5.41) is 0. The Balaban J connectivity index is 1.84. The van der Waals surface area contributed by atoms with Crippen LogP contribution in [0, 0.1) is 6.92 Å². The quantitative estimate of drug-likeness (QED) is 0.654. The summed E-state index contributed by atoms with van der Waals surface area (Å²) in [5.41, 5.74) is 2.21. The molecule has 2 aromatic carbocycles. The lowest BCUT2D eigenvalue weighted by molar-refractivity contribution is 0.229. The number of urea groups is 1. The maximum atomic E-state index is 13.3. The molecule has 0 saturated heterocycles. The van der Waals surface area contributed by atoms with Crippen LogP contribution in [0.2, 0.25) is 0 Å². The van der Waals surface area contributed by atoms with Gasteiger partial charge < -0.3 is 4.74 Å². The number of anilines is 2. The first-order valence-electron chi connectivity index (χ1n) is 8.93. The number of sulfonamides is 1. The van der Waals surface area contributed by atoms with Gasteiger partial charge in [0.25, 0.3) is 10.0 Å². The number of pyridine rings is 1. The van der Waals surface area contributed by atoms with Crippen molar-refractivity contribution >= 4 is 27.6 Å². The van der Waals surface area contributed by atoms with Gasteiger partial charge >= 0.3 is 6.03 Å². The van der Waals surface area contributed by atoms with Crippen LogP contribution in [0.5, 0.6) is 5.75 Å². The van der Waals surface area contributed by atoms with Crippen molar-refractivity contribution in [2.45, 2.75) is 18.4 Å². The number of carbonyl (C=O) groups excluding carboxylic acids is 1. The van der Waals surface area contributed by atoms with Crippen molar-refractivity contribution < 1.29 is 17.9 Å². The zero-order valence-electron chi connectivity index (χ0n) is 15.9. The molecular formula is C21H19N3O4S. The molecule has 0 fully saturated rings. The van der Waals surface area contributed by atoms with E-state index < -0.39 is 16.1 Å². The fourth-order valence-corrected chi connectivity index (χ4v) is 4.74. The van der Waals surface area contributed by atoms with Crippen LogP contribution in [0.1, 0.15) is 11.1 Å². The standard InChI is InChI=1S/C21H19N3O4S/c1-15-5-3-6-16(13-15)14-23-21(25)24(17-8-10-18(28-2)11-9-17)20-19(29(23,26)27)7-4-12-22-20/h3-13H,14H2,1-2H3. The molecule has 0 spiro atoms. The monoisotopic (exact) mass is 409 g/mol. The molecule has 2 amide bonds. The lowest BCUT2D eigenvalue weighted by atomic mass is 10.1. The Morgan fingerprint density at radius 1 is 1.03 bits per heavy atom. The van der Waals surface area contributed by atoms with Crippen LogP contribution in [-0.2, 0) is 16.6 Å². The molecule has 0 N–H and O–H groups in total. The number of rotatable bonds is 4. The summed E-state index contributed by atoms with van der Waals surface area (Å²) in [6, 6.07) is 16.5. The van der Waals surface area contributed by atoms with Crippen LogP contribution in [0.4, 0.5) is 16.3 Å². The average Bonchev–Trinajstić information content (AvgIpc) is 2.72. The third-order valence-electron chi connectivity index (χ3n) is 4.67. The van der Waals surface area contributed by atoms with Crippen LogP contribution < -0.4 is 9.64 Å². The zero-order valence-corrected chi connectivity index (χ0v) is 16.8. The predicted molar refractivity (Wildman–Crippen MR) is 109 cm³/mol. The zero-order chi connectivity index (χ0) is 20.6. The first kappa shape index (κ1) is 18.9. The minimum atomic E-state index is -4.04. The van der Waals surface area contributed by atoms with Crippen LogP contribution in [0.15, 0.2) is 71.8 Å². The van der Waals surface area contributed by atoms with Crippen LogP contribution in [0.25, 0.3) is 0 Å². The highest BCUT2D eigenvalue weighted by Crippen LogP contribution is 2.38. The lowest BCUT2D eigenvalue weighted by Gasteiger charge is -2.35. The number of hydrogen-bond donors (Lipinski definition) is 0. The minimum Gasteiger partial charge on any atom is -0.497 e. The summed E-state index contributed by atoms with van der Waals surface area (Å²) in [6.45, 7) is 1.85. The van der Waals surface area contributed by atoms with Gasteiger partial charge in [0.2, 0.25) is 0 Å². The number of benzene rings is 2. The van der Waals surface area contributed by atoms with Gasteiger partial charge in [-0.25, -0.2) is 27.4 Å². The van der Waals surface area contributed by atoms with Gasteiger partial charge in [0.1, 0.15) is 10.6 Å². The Bertz CT molecular complexity index is 1180. The molecule has 3 aromatic rings. The normalized spacial score (nSPS) is 15.2. The first-order chi connectivity index (χ1) is 13.9. The first-order valence-corrected chi connectivity index (χ1v) is 10.4. The van der Waals surface area contributed by atoms with E-state index in [2.05, 4.69) is 4.98 Å². The average molecular weight is 409 g/mol. The van der Waals surface area contributed by atoms with Crippen LogP contribution >= 0.6 is 0 Å². The summed E-state index contributed by atoms with van der Waals surface area (Å²) in [7, 11) is -2.49. The molecule has 0 saturated carbocycles. The maximum absolute atomic E-state index is 13.3. The molecule has 0 radical (unpaired) electrons. The third kappa shape index (κ3) is 3.31. The summed E-state index contributed by atoms with van der Waals surface area (Å²) >= 11 is 0. The molecule has 0 unspecified atom stereocenters. The number of carbonyl (C=O) groups is 1. The van der Waals surface area contributed by atoms with E-state index in [1.807, 2.05) is 25.1 Å². The number of hydrogen-bond acceptors (Lipinski definition) is 5. The van der Waals surface area contributed by atoms with Gasteiger partial charge in [-0.15, -0.1) is 0 Å². The van der Waals surface area contributed by atoms with Gasteiger partial charge in [-0.1, -0.05) is 29.8 Å². The number of nitrogens with zero attached hydrogens (tertiary/aromatic N) is 3. The molecule has 1 aromatic heterocycles. The molecule has 4 rings (SSSR count). The highest BCUT2D eigenvalue weighted by Gasteiger charge is 2.43. The second kappa shape index (κ2) is 7.21. The Morgan fingerprint density at radius 3 is 2.48 bits per heavy atom. The van der Waals surface area contributed by atoms with Crippen molar-refractivity contribution in [1.29, 1.82) is 0 Å². The number of aryl methyl sites for hydroxylation is 1. The fraction of sp³-hybridized carbons (Fsp3) is 0.143. The van der Waals surface area contributed by atoms with Crippen molar-refractivity contribution in [3.63, 3.8) is 0 Å². The summed E-state index contributed by atoms with van der Waals surface area (Å²) in [4.78, 5) is 18.8. The minimum absolute atomic E-state index is 0.0110. The highest BCUT2D eigenvalue weighted by atomic mass is 32.2. The summed E-state index contributed by atoms with van der Waals surface area (Å²) < 4.78 is 32.5. The van der Waals surface area contributed by atoms with Gasteiger partial charge in [-0.2, -0.15) is 0 Å². The molecule has 29 heavy (non-hydrogen) atoms. The van der Waals surface area contributed by atoms with Gasteiger partial charge in [-0.3, -0.25) is 0 Å². The van der Waals surface area contributed by atoms with Gasteiger partial charge in [0.15, 0.2) is 5.82 Å². The van der Waals surface area contributed by atoms with E-state index in [1.165, 1.54) is 17.2 Å². The molecule has 8 heteroatoms. The van der Waals surface area contributed by atoms with E-state index in [4.69, 9.17) is 4.74 Å². The van der Waals surface area contributed by atoms with E-state index in [-0.39, 0.29) is 17.3 Å². The fourth-order valence-electron chi connectivity index (χ4n) is 3.27. The Kier molecular flexibility index (Phi) is 4.71. The van der Waals surface area contributed by atoms with E-state index >= 15 is 0 Å². The predicted octanol–water partition coefficient (Wildman–Crippen LogP) is 3.86. The summed E-state index contributed by atoms with van der Waals surface area (Å²) in [6.07, 6.45) is 1.47. The molecule has 0 aliphatic carbocycles. The molecule has 0 atom stereocenters.